The summed E-state index contributed by atoms with van der Waals surface area (Å²) in [6.45, 7) is 5.55. The Kier molecular flexibility index (Phi) is 5.27. The molecule has 0 amide bonds. The molecule has 1 rings (SSSR count). The zero-order valence-electron chi connectivity index (χ0n) is 11.2. The minimum absolute atomic E-state index is 0.0521. The van der Waals surface area contributed by atoms with Gasteiger partial charge in [-0.25, -0.2) is 0 Å². The maximum atomic E-state index is 11.0. The molecule has 0 aliphatic heterocycles. The summed E-state index contributed by atoms with van der Waals surface area (Å²) < 4.78 is 5.41. The Bertz CT molecular complexity index is 494. The van der Waals surface area contributed by atoms with E-state index in [0.29, 0.717) is 5.56 Å². The smallest absolute Gasteiger partial charge is 0.313 e. The van der Waals surface area contributed by atoms with E-state index in [4.69, 9.17) is 10.00 Å². The van der Waals surface area contributed by atoms with Crippen molar-refractivity contribution in [1.82, 2.24) is 5.32 Å². The summed E-state index contributed by atoms with van der Waals surface area (Å²) in [7, 11) is 0. The molecule has 0 heterocycles. The molecule has 1 atom stereocenters. The first-order valence-corrected chi connectivity index (χ1v) is 5.98. The van der Waals surface area contributed by atoms with Crippen molar-refractivity contribution in [3.05, 3.63) is 33.9 Å². The number of hydrogen-bond donors (Lipinski definition) is 1. The fourth-order valence-electron chi connectivity index (χ4n) is 1.68. The molecule has 0 bridgehead atoms. The van der Waals surface area contributed by atoms with Gasteiger partial charge in [-0.2, -0.15) is 5.26 Å². The molecular weight excluding hydrogens is 246 g/mol. The van der Waals surface area contributed by atoms with Crippen LogP contribution in [-0.4, -0.2) is 23.6 Å². The first-order chi connectivity index (χ1) is 8.95. The first kappa shape index (κ1) is 14.9. The number of nitrogens with zero attached hydrogens (tertiary/aromatic N) is 2. The van der Waals surface area contributed by atoms with Crippen LogP contribution < -0.4 is 10.1 Å². The van der Waals surface area contributed by atoms with Crippen molar-refractivity contribution in [1.29, 1.82) is 5.26 Å². The number of hydrogen-bond acceptors (Lipinski definition) is 5. The molecule has 0 saturated heterocycles. The van der Waals surface area contributed by atoms with E-state index >= 15 is 0 Å². The summed E-state index contributed by atoms with van der Waals surface area (Å²) in [6.07, 6.45) is 0. The monoisotopic (exact) mass is 263 g/mol. The number of nitro groups is 1. The van der Waals surface area contributed by atoms with Gasteiger partial charge >= 0.3 is 5.69 Å². The van der Waals surface area contributed by atoms with Gasteiger partial charge in [0.2, 0.25) is 0 Å². The molecule has 0 fully saturated rings. The van der Waals surface area contributed by atoms with E-state index in [9.17, 15) is 10.1 Å². The third kappa shape index (κ3) is 4.23. The molecule has 1 unspecified atom stereocenters. The molecular formula is C13H17N3O3. The van der Waals surface area contributed by atoms with Crippen molar-refractivity contribution < 1.29 is 9.66 Å². The van der Waals surface area contributed by atoms with Crippen LogP contribution in [0.3, 0.4) is 0 Å². The highest BCUT2D eigenvalue weighted by Gasteiger charge is 2.19. The van der Waals surface area contributed by atoms with Crippen molar-refractivity contribution in [3.8, 4) is 11.8 Å². The van der Waals surface area contributed by atoms with Gasteiger partial charge in [-0.3, -0.25) is 15.4 Å². The lowest BCUT2D eigenvalue weighted by Crippen LogP contribution is -2.38. The van der Waals surface area contributed by atoms with Gasteiger partial charge in [0, 0.05) is 11.6 Å². The summed E-state index contributed by atoms with van der Waals surface area (Å²) in [6, 6.07) is 6.58. The zero-order valence-corrected chi connectivity index (χ0v) is 11.2. The second-order valence-corrected chi connectivity index (χ2v) is 4.49. The highest BCUT2D eigenvalue weighted by atomic mass is 16.6. The maximum Gasteiger partial charge on any atom is 0.313 e. The topological polar surface area (TPSA) is 88.2 Å². The number of aryl methyl sites for hydroxylation is 1. The van der Waals surface area contributed by atoms with E-state index in [0.717, 1.165) is 0 Å². The Morgan fingerprint density at radius 2 is 2.21 bits per heavy atom. The Labute approximate surface area is 112 Å². The zero-order chi connectivity index (χ0) is 14.4. The minimum atomic E-state index is -0.500. The quantitative estimate of drug-likeness (QED) is 0.627. The molecule has 0 spiro atoms. The summed E-state index contributed by atoms with van der Waals surface area (Å²) >= 11 is 0. The lowest BCUT2D eigenvalue weighted by Gasteiger charge is -2.15. The normalized spacial score (nSPS) is 11.9. The van der Waals surface area contributed by atoms with Crippen molar-refractivity contribution in [2.45, 2.75) is 32.9 Å². The second-order valence-electron chi connectivity index (χ2n) is 4.49. The molecule has 1 aromatic rings. The highest BCUT2D eigenvalue weighted by molar-refractivity contribution is 5.52. The van der Waals surface area contributed by atoms with E-state index in [1.165, 1.54) is 6.07 Å². The molecule has 1 N–H and O–H groups in total. The molecule has 1 aromatic carbocycles. The number of ether oxygens (including phenoxy) is 1. The van der Waals surface area contributed by atoms with Crippen LogP contribution in [0.25, 0.3) is 0 Å². The standard InChI is InChI=1S/C13H17N3O3/c1-9(2)15-11(7-14)8-19-12-6-4-5-10(3)13(12)16(17)18/h4-6,9,11,15H,8H2,1-3H3. The third-order valence-electron chi connectivity index (χ3n) is 2.48. The van der Waals surface area contributed by atoms with E-state index in [2.05, 4.69) is 11.4 Å². The van der Waals surface area contributed by atoms with Crippen molar-refractivity contribution in [3.63, 3.8) is 0 Å². The first-order valence-electron chi connectivity index (χ1n) is 5.98. The Hall–Kier alpha value is -2.13. The number of nitro benzene ring substituents is 1. The van der Waals surface area contributed by atoms with Crippen molar-refractivity contribution >= 4 is 5.69 Å². The molecule has 6 nitrogen and oxygen atoms in total. The van der Waals surface area contributed by atoms with Gasteiger partial charge in [0.1, 0.15) is 12.6 Å². The largest absolute Gasteiger partial charge is 0.484 e. The van der Waals surface area contributed by atoms with Crippen LogP contribution in [0.4, 0.5) is 5.69 Å². The molecule has 0 aliphatic rings. The number of nitriles is 1. The number of nitrogens with one attached hydrogen (secondary N) is 1. The fraction of sp³-hybridized carbons (Fsp3) is 0.462. The summed E-state index contributed by atoms with van der Waals surface area (Å²) in [5.74, 6) is 0.191. The van der Waals surface area contributed by atoms with E-state index in [-0.39, 0.29) is 24.1 Å². The van der Waals surface area contributed by atoms with Gasteiger partial charge in [0.25, 0.3) is 0 Å². The molecule has 0 aliphatic carbocycles. The molecule has 0 saturated carbocycles. The number of rotatable bonds is 6. The average Bonchev–Trinajstić information content (AvgIpc) is 2.33. The average molecular weight is 263 g/mol. The Balaban J connectivity index is 2.81. The molecule has 0 aromatic heterocycles. The SMILES string of the molecule is Cc1cccc(OCC(C#N)NC(C)C)c1[N+](=O)[O-]. The number of benzene rings is 1. The number of para-hydroxylation sites is 1. The van der Waals surface area contributed by atoms with Crippen LogP contribution in [0.5, 0.6) is 5.75 Å². The van der Waals surface area contributed by atoms with E-state index in [1.807, 2.05) is 13.8 Å². The van der Waals surface area contributed by atoms with Gasteiger partial charge in [-0.15, -0.1) is 0 Å². The predicted octanol–water partition coefficient (Wildman–Crippen LogP) is 2.17. The fourth-order valence-corrected chi connectivity index (χ4v) is 1.68. The predicted molar refractivity (Wildman–Crippen MR) is 71.0 cm³/mol. The van der Waals surface area contributed by atoms with Gasteiger partial charge < -0.3 is 4.74 Å². The van der Waals surface area contributed by atoms with Gasteiger partial charge in [0.15, 0.2) is 5.75 Å². The molecule has 0 radical (unpaired) electrons. The lowest BCUT2D eigenvalue weighted by atomic mass is 10.2. The van der Waals surface area contributed by atoms with Crippen molar-refractivity contribution in [2.24, 2.45) is 0 Å². The maximum absolute atomic E-state index is 11.0. The highest BCUT2D eigenvalue weighted by Crippen LogP contribution is 2.30. The summed E-state index contributed by atoms with van der Waals surface area (Å²) in [5.41, 5.74) is 0.483. The molecule has 102 valence electrons. The second kappa shape index (κ2) is 6.71. The Morgan fingerprint density at radius 3 is 2.74 bits per heavy atom. The third-order valence-corrected chi connectivity index (χ3v) is 2.48. The molecule has 19 heavy (non-hydrogen) atoms. The van der Waals surface area contributed by atoms with Gasteiger partial charge in [-0.05, 0) is 26.8 Å². The van der Waals surface area contributed by atoms with Gasteiger partial charge in [-0.1, -0.05) is 12.1 Å². The minimum Gasteiger partial charge on any atom is -0.484 e. The van der Waals surface area contributed by atoms with Crippen molar-refractivity contribution in [2.75, 3.05) is 6.61 Å². The van der Waals surface area contributed by atoms with E-state index in [1.54, 1.807) is 19.1 Å². The molecule has 6 heteroatoms. The van der Waals surface area contributed by atoms with Crippen LogP contribution in [0.1, 0.15) is 19.4 Å². The van der Waals surface area contributed by atoms with Crippen LogP contribution in [-0.2, 0) is 0 Å². The van der Waals surface area contributed by atoms with E-state index < -0.39 is 11.0 Å². The van der Waals surface area contributed by atoms with Crippen LogP contribution in [0.15, 0.2) is 18.2 Å². The van der Waals surface area contributed by atoms with Crippen LogP contribution >= 0.6 is 0 Å². The van der Waals surface area contributed by atoms with Gasteiger partial charge in [0.05, 0.1) is 11.0 Å². The summed E-state index contributed by atoms with van der Waals surface area (Å²) in [4.78, 5) is 10.5. The Morgan fingerprint density at radius 1 is 1.53 bits per heavy atom. The summed E-state index contributed by atoms with van der Waals surface area (Å²) in [5, 5.41) is 22.9. The van der Waals surface area contributed by atoms with Crippen LogP contribution in [0.2, 0.25) is 0 Å². The van der Waals surface area contributed by atoms with Crippen LogP contribution in [0, 0.1) is 28.4 Å². The lowest BCUT2D eigenvalue weighted by molar-refractivity contribution is -0.386.